The molecule has 3 nitrogen and oxygen atoms in total. The molecule has 0 aromatic heterocycles. The zero-order valence-electron chi connectivity index (χ0n) is 8.49. The molecule has 0 bridgehead atoms. The lowest BCUT2D eigenvalue weighted by molar-refractivity contribution is -0.00238. The topological polar surface area (TPSA) is 50.1 Å². The highest BCUT2D eigenvalue weighted by Crippen LogP contribution is 2.39. The van der Waals surface area contributed by atoms with Gasteiger partial charge >= 0.3 is 5.97 Å². The molecule has 76 valence electrons. The summed E-state index contributed by atoms with van der Waals surface area (Å²) in [5.41, 5.74) is 0.895. The quantitative estimate of drug-likeness (QED) is 0.690. The molecule has 0 amide bonds. The number of hydrogen-bond donors (Lipinski definition) is 0. The van der Waals surface area contributed by atoms with Crippen LogP contribution in [0.4, 0.5) is 0 Å². The predicted molar refractivity (Wildman–Crippen MR) is 54.1 cm³/mol. The minimum atomic E-state index is -0.622. The van der Waals surface area contributed by atoms with Crippen molar-refractivity contribution in [1.82, 2.24) is 0 Å². The third-order valence-electron chi connectivity index (χ3n) is 2.75. The molecular formula is C12H11NO2. The maximum atomic E-state index is 11.5. The molecule has 1 unspecified atom stereocenters. The van der Waals surface area contributed by atoms with Gasteiger partial charge in [0.05, 0.1) is 11.6 Å². The van der Waals surface area contributed by atoms with Gasteiger partial charge in [-0.3, -0.25) is 0 Å². The first-order valence-electron chi connectivity index (χ1n) is 4.87. The average molecular weight is 201 g/mol. The second kappa shape index (κ2) is 3.39. The van der Waals surface area contributed by atoms with Gasteiger partial charge < -0.3 is 4.74 Å². The van der Waals surface area contributed by atoms with Crippen LogP contribution >= 0.6 is 0 Å². The zero-order chi connectivity index (χ0) is 10.9. The molecule has 1 aromatic carbocycles. The second-order valence-electron chi connectivity index (χ2n) is 3.82. The standard InChI is InChI=1S/C12H11NO2/c1-12(7-4-8-13)10-6-3-2-5-9(10)11(14)15-12/h2-3,5-6H,4,7H2,1H3. The Balaban J connectivity index is 2.40. The molecule has 1 atom stereocenters. The SMILES string of the molecule is CC1(CCC#N)OC(=O)c2ccccc21. The van der Waals surface area contributed by atoms with E-state index in [0.29, 0.717) is 18.4 Å². The van der Waals surface area contributed by atoms with Gasteiger partial charge in [0.15, 0.2) is 0 Å². The molecule has 0 N–H and O–H groups in total. The van der Waals surface area contributed by atoms with Gasteiger partial charge in [-0.1, -0.05) is 18.2 Å². The molecule has 0 aliphatic carbocycles. The van der Waals surface area contributed by atoms with Crippen LogP contribution in [0.15, 0.2) is 24.3 Å². The van der Waals surface area contributed by atoms with Gasteiger partial charge in [0.1, 0.15) is 5.60 Å². The maximum absolute atomic E-state index is 11.5. The highest BCUT2D eigenvalue weighted by atomic mass is 16.6. The van der Waals surface area contributed by atoms with Crippen molar-refractivity contribution >= 4 is 5.97 Å². The molecule has 2 rings (SSSR count). The minimum Gasteiger partial charge on any atom is -0.451 e. The Morgan fingerprint density at radius 3 is 2.93 bits per heavy atom. The van der Waals surface area contributed by atoms with Crippen LogP contribution in [0.3, 0.4) is 0 Å². The summed E-state index contributed by atoms with van der Waals surface area (Å²) < 4.78 is 5.33. The van der Waals surface area contributed by atoms with Crippen LogP contribution in [0.25, 0.3) is 0 Å². The lowest BCUT2D eigenvalue weighted by atomic mass is 9.90. The lowest BCUT2D eigenvalue weighted by Crippen LogP contribution is -2.21. The highest BCUT2D eigenvalue weighted by molar-refractivity contribution is 5.94. The van der Waals surface area contributed by atoms with E-state index in [4.69, 9.17) is 10.00 Å². The molecular weight excluding hydrogens is 190 g/mol. The molecule has 0 spiro atoms. The van der Waals surface area contributed by atoms with E-state index in [1.807, 2.05) is 25.1 Å². The van der Waals surface area contributed by atoms with Crippen LogP contribution < -0.4 is 0 Å². The van der Waals surface area contributed by atoms with Gasteiger partial charge in [0.2, 0.25) is 0 Å². The van der Waals surface area contributed by atoms with E-state index in [2.05, 4.69) is 6.07 Å². The lowest BCUT2D eigenvalue weighted by Gasteiger charge is -2.22. The summed E-state index contributed by atoms with van der Waals surface area (Å²) >= 11 is 0. The van der Waals surface area contributed by atoms with Crippen molar-refractivity contribution in [2.45, 2.75) is 25.4 Å². The van der Waals surface area contributed by atoms with Crippen LogP contribution in [0, 0.1) is 11.3 Å². The predicted octanol–water partition coefficient (Wildman–Crippen LogP) is 2.38. The molecule has 1 aliphatic rings. The number of cyclic esters (lactones) is 1. The Labute approximate surface area is 88.3 Å². The summed E-state index contributed by atoms with van der Waals surface area (Å²) in [6.07, 6.45) is 0.935. The first-order valence-corrected chi connectivity index (χ1v) is 4.87. The van der Waals surface area contributed by atoms with Crippen molar-refractivity contribution in [2.75, 3.05) is 0 Å². The zero-order valence-corrected chi connectivity index (χ0v) is 8.49. The summed E-state index contributed by atoms with van der Waals surface area (Å²) in [7, 11) is 0. The van der Waals surface area contributed by atoms with Crippen LogP contribution in [-0.2, 0) is 10.3 Å². The van der Waals surface area contributed by atoms with Gasteiger partial charge in [-0.15, -0.1) is 0 Å². The van der Waals surface area contributed by atoms with E-state index >= 15 is 0 Å². The molecule has 0 saturated heterocycles. The number of esters is 1. The fraction of sp³-hybridized carbons (Fsp3) is 0.333. The van der Waals surface area contributed by atoms with E-state index in [9.17, 15) is 4.79 Å². The third-order valence-corrected chi connectivity index (χ3v) is 2.75. The van der Waals surface area contributed by atoms with Gasteiger partial charge in [-0.05, 0) is 13.0 Å². The fourth-order valence-corrected chi connectivity index (χ4v) is 1.92. The maximum Gasteiger partial charge on any atom is 0.339 e. The molecule has 0 saturated carbocycles. The van der Waals surface area contributed by atoms with Crippen molar-refractivity contribution in [3.05, 3.63) is 35.4 Å². The van der Waals surface area contributed by atoms with E-state index in [0.717, 1.165) is 5.56 Å². The van der Waals surface area contributed by atoms with Crippen molar-refractivity contribution < 1.29 is 9.53 Å². The van der Waals surface area contributed by atoms with Crippen LogP contribution in [-0.4, -0.2) is 5.97 Å². The monoisotopic (exact) mass is 201 g/mol. The Morgan fingerprint density at radius 1 is 1.47 bits per heavy atom. The normalized spacial score (nSPS) is 23.1. The molecule has 1 heterocycles. The fourth-order valence-electron chi connectivity index (χ4n) is 1.92. The van der Waals surface area contributed by atoms with E-state index in [1.165, 1.54) is 0 Å². The summed E-state index contributed by atoms with van der Waals surface area (Å²) in [6, 6.07) is 9.42. The van der Waals surface area contributed by atoms with Crippen LogP contribution in [0.2, 0.25) is 0 Å². The number of ether oxygens (including phenoxy) is 1. The number of hydrogen-bond acceptors (Lipinski definition) is 3. The molecule has 0 fully saturated rings. The Bertz CT molecular complexity index is 447. The highest BCUT2D eigenvalue weighted by Gasteiger charge is 2.40. The number of carbonyl (C=O) groups is 1. The van der Waals surface area contributed by atoms with Gasteiger partial charge in [0, 0.05) is 18.4 Å². The van der Waals surface area contributed by atoms with E-state index in [1.54, 1.807) is 6.07 Å². The average Bonchev–Trinajstić information content (AvgIpc) is 2.50. The minimum absolute atomic E-state index is 0.286. The van der Waals surface area contributed by atoms with Crippen molar-refractivity contribution in [1.29, 1.82) is 5.26 Å². The number of fused-ring (bicyclic) bond motifs is 1. The first-order chi connectivity index (χ1) is 7.17. The number of rotatable bonds is 2. The van der Waals surface area contributed by atoms with Gasteiger partial charge in [-0.25, -0.2) is 4.79 Å². The summed E-state index contributed by atoms with van der Waals surface area (Å²) in [4.78, 5) is 11.5. The molecule has 1 aliphatic heterocycles. The van der Waals surface area contributed by atoms with Crippen LogP contribution in [0.1, 0.15) is 35.7 Å². The smallest absolute Gasteiger partial charge is 0.339 e. The number of nitrogens with zero attached hydrogens (tertiary/aromatic N) is 1. The number of benzene rings is 1. The Morgan fingerprint density at radius 2 is 2.20 bits per heavy atom. The summed E-state index contributed by atoms with van der Waals surface area (Å²) in [6.45, 7) is 1.86. The largest absolute Gasteiger partial charge is 0.451 e. The van der Waals surface area contributed by atoms with Crippen molar-refractivity contribution in [2.24, 2.45) is 0 Å². The first kappa shape index (κ1) is 9.72. The van der Waals surface area contributed by atoms with Gasteiger partial charge in [0.25, 0.3) is 0 Å². The van der Waals surface area contributed by atoms with Crippen molar-refractivity contribution in [3.8, 4) is 6.07 Å². The van der Waals surface area contributed by atoms with Gasteiger partial charge in [-0.2, -0.15) is 5.26 Å². The van der Waals surface area contributed by atoms with Crippen molar-refractivity contribution in [3.63, 3.8) is 0 Å². The molecule has 15 heavy (non-hydrogen) atoms. The third kappa shape index (κ3) is 1.48. The Kier molecular flexibility index (Phi) is 2.20. The van der Waals surface area contributed by atoms with E-state index < -0.39 is 5.60 Å². The summed E-state index contributed by atoms with van der Waals surface area (Å²) in [5, 5.41) is 8.56. The summed E-state index contributed by atoms with van der Waals surface area (Å²) in [5.74, 6) is -0.286. The number of carbonyl (C=O) groups excluding carboxylic acids is 1. The number of nitriles is 1. The molecule has 1 aromatic rings. The van der Waals surface area contributed by atoms with E-state index in [-0.39, 0.29) is 5.97 Å². The molecule has 0 radical (unpaired) electrons. The van der Waals surface area contributed by atoms with Crippen LogP contribution in [0.5, 0.6) is 0 Å². The second-order valence-corrected chi connectivity index (χ2v) is 3.82. The molecule has 3 heteroatoms. The Hall–Kier alpha value is -1.82.